The van der Waals surface area contributed by atoms with E-state index in [2.05, 4.69) is 17.1 Å². The van der Waals surface area contributed by atoms with E-state index in [0.717, 1.165) is 19.5 Å². The Bertz CT molecular complexity index is 236. The molecule has 2 aliphatic heterocycles. The molecule has 1 amide bonds. The Morgan fingerprint density at radius 3 is 2.69 bits per heavy atom. The SMILES string of the molecule is CC1CCCCCN1C(=O)C1CCCCN1. The van der Waals surface area contributed by atoms with Crippen LogP contribution in [-0.2, 0) is 4.79 Å². The van der Waals surface area contributed by atoms with Gasteiger partial charge in [0.25, 0.3) is 0 Å². The molecule has 0 bridgehead atoms. The van der Waals surface area contributed by atoms with Crippen LogP contribution >= 0.6 is 0 Å². The molecule has 0 spiro atoms. The van der Waals surface area contributed by atoms with Gasteiger partial charge in [-0.25, -0.2) is 0 Å². The van der Waals surface area contributed by atoms with Crippen molar-refractivity contribution in [1.29, 1.82) is 0 Å². The van der Waals surface area contributed by atoms with Gasteiger partial charge in [0.15, 0.2) is 0 Å². The molecule has 2 aliphatic rings. The summed E-state index contributed by atoms with van der Waals surface area (Å²) in [6, 6.07) is 0.549. The third kappa shape index (κ3) is 2.76. The highest BCUT2D eigenvalue weighted by atomic mass is 16.2. The first kappa shape index (κ1) is 11.9. The van der Waals surface area contributed by atoms with Crippen LogP contribution in [0.4, 0.5) is 0 Å². The van der Waals surface area contributed by atoms with Gasteiger partial charge in [-0.3, -0.25) is 4.79 Å². The summed E-state index contributed by atoms with van der Waals surface area (Å²) in [5.74, 6) is 0.356. The number of hydrogen-bond acceptors (Lipinski definition) is 2. The Morgan fingerprint density at radius 2 is 1.94 bits per heavy atom. The molecular formula is C13H24N2O. The number of amides is 1. The summed E-state index contributed by atoms with van der Waals surface area (Å²) in [5, 5.41) is 3.37. The second-order valence-corrected chi connectivity index (χ2v) is 5.23. The molecule has 92 valence electrons. The summed E-state index contributed by atoms with van der Waals surface area (Å²) in [5.41, 5.74) is 0. The number of nitrogens with one attached hydrogen (secondary N) is 1. The molecule has 2 heterocycles. The van der Waals surface area contributed by atoms with Crippen molar-refractivity contribution in [2.24, 2.45) is 0 Å². The van der Waals surface area contributed by atoms with Crippen molar-refractivity contribution in [1.82, 2.24) is 10.2 Å². The molecule has 2 saturated heterocycles. The third-order valence-corrected chi connectivity index (χ3v) is 3.94. The van der Waals surface area contributed by atoms with Crippen molar-refractivity contribution in [2.45, 2.75) is 64.0 Å². The van der Waals surface area contributed by atoms with E-state index in [9.17, 15) is 4.79 Å². The van der Waals surface area contributed by atoms with Gasteiger partial charge in [-0.05, 0) is 39.2 Å². The molecule has 2 rings (SSSR count). The smallest absolute Gasteiger partial charge is 0.239 e. The largest absolute Gasteiger partial charge is 0.339 e. The van der Waals surface area contributed by atoms with E-state index in [0.29, 0.717) is 11.9 Å². The van der Waals surface area contributed by atoms with Gasteiger partial charge in [-0.15, -0.1) is 0 Å². The lowest BCUT2D eigenvalue weighted by molar-refractivity contribution is -0.136. The summed E-state index contributed by atoms with van der Waals surface area (Å²) in [7, 11) is 0. The van der Waals surface area contributed by atoms with Crippen molar-refractivity contribution in [3.63, 3.8) is 0 Å². The van der Waals surface area contributed by atoms with E-state index in [4.69, 9.17) is 0 Å². The number of piperidine rings is 1. The molecule has 0 aromatic heterocycles. The number of likely N-dealkylation sites (tertiary alicyclic amines) is 1. The predicted octanol–water partition coefficient (Wildman–Crippen LogP) is 1.92. The number of carbonyl (C=O) groups is 1. The van der Waals surface area contributed by atoms with Gasteiger partial charge in [0.1, 0.15) is 0 Å². The highest BCUT2D eigenvalue weighted by Crippen LogP contribution is 2.19. The Hall–Kier alpha value is -0.570. The summed E-state index contributed by atoms with van der Waals surface area (Å²) in [4.78, 5) is 14.5. The zero-order valence-corrected chi connectivity index (χ0v) is 10.4. The Labute approximate surface area is 98.6 Å². The average Bonchev–Trinajstić information content (AvgIpc) is 2.54. The minimum absolute atomic E-state index is 0.106. The standard InChI is InChI=1S/C13H24N2O/c1-11-7-3-2-6-10-15(11)13(16)12-8-4-5-9-14-12/h11-12,14H,2-10H2,1H3. The lowest BCUT2D eigenvalue weighted by atomic mass is 10.0. The fourth-order valence-corrected chi connectivity index (χ4v) is 2.87. The summed E-state index contributed by atoms with van der Waals surface area (Å²) >= 11 is 0. The number of nitrogens with zero attached hydrogens (tertiary/aromatic N) is 1. The molecular weight excluding hydrogens is 200 g/mol. The Kier molecular flexibility index (Phi) is 4.22. The molecule has 0 aromatic carbocycles. The van der Waals surface area contributed by atoms with Crippen LogP contribution in [0.15, 0.2) is 0 Å². The number of carbonyl (C=O) groups excluding carboxylic acids is 1. The van der Waals surface area contributed by atoms with Crippen LogP contribution in [0.3, 0.4) is 0 Å². The van der Waals surface area contributed by atoms with Crippen molar-refractivity contribution in [3.8, 4) is 0 Å². The van der Waals surface area contributed by atoms with E-state index < -0.39 is 0 Å². The minimum Gasteiger partial charge on any atom is -0.339 e. The fraction of sp³-hybridized carbons (Fsp3) is 0.923. The maximum absolute atomic E-state index is 12.4. The first-order valence-electron chi connectivity index (χ1n) is 6.83. The fourth-order valence-electron chi connectivity index (χ4n) is 2.87. The molecule has 2 atom stereocenters. The second kappa shape index (κ2) is 5.67. The lowest BCUT2D eigenvalue weighted by Crippen LogP contribution is -2.51. The van der Waals surface area contributed by atoms with Crippen LogP contribution < -0.4 is 5.32 Å². The monoisotopic (exact) mass is 224 g/mol. The van der Waals surface area contributed by atoms with Crippen LogP contribution in [0, 0.1) is 0 Å². The van der Waals surface area contributed by atoms with Gasteiger partial charge in [0.05, 0.1) is 6.04 Å². The normalized spacial score (nSPS) is 32.2. The van der Waals surface area contributed by atoms with Crippen molar-refractivity contribution < 1.29 is 4.79 Å². The number of rotatable bonds is 1. The zero-order valence-electron chi connectivity index (χ0n) is 10.4. The molecule has 16 heavy (non-hydrogen) atoms. The van der Waals surface area contributed by atoms with Gasteiger partial charge < -0.3 is 10.2 Å². The maximum Gasteiger partial charge on any atom is 0.239 e. The van der Waals surface area contributed by atoms with Crippen molar-refractivity contribution in [2.75, 3.05) is 13.1 Å². The van der Waals surface area contributed by atoms with Gasteiger partial charge in [-0.2, -0.15) is 0 Å². The van der Waals surface area contributed by atoms with E-state index in [1.165, 1.54) is 38.5 Å². The predicted molar refractivity (Wildman–Crippen MR) is 65.3 cm³/mol. The van der Waals surface area contributed by atoms with Gasteiger partial charge in [0.2, 0.25) is 5.91 Å². The van der Waals surface area contributed by atoms with E-state index >= 15 is 0 Å². The first-order chi connectivity index (χ1) is 7.79. The highest BCUT2D eigenvalue weighted by molar-refractivity contribution is 5.82. The van der Waals surface area contributed by atoms with E-state index in [1.807, 2.05) is 0 Å². The van der Waals surface area contributed by atoms with Crippen LogP contribution in [0.5, 0.6) is 0 Å². The molecule has 2 fully saturated rings. The topological polar surface area (TPSA) is 32.3 Å². The lowest BCUT2D eigenvalue weighted by Gasteiger charge is -2.33. The third-order valence-electron chi connectivity index (χ3n) is 3.94. The van der Waals surface area contributed by atoms with Crippen LogP contribution in [-0.4, -0.2) is 36.0 Å². The molecule has 0 saturated carbocycles. The molecule has 0 radical (unpaired) electrons. The van der Waals surface area contributed by atoms with Crippen molar-refractivity contribution in [3.05, 3.63) is 0 Å². The molecule has 3 heteroatoms. The second-order valence-electron chi connectivity index (χ2n) is 5.23. The zero-order chi connectivity index (χ0) is 11.4. The van der Waals surface area contributed by atoms with Crippen LogP contribution in [0.2, 0.25) is 0 Å². The quantitative estimate of drug-likeness (QED) is 0.738. The number of hydrogen-bond donors (Lipinski definition) is 1. The molecule has 0 aliphatic carbocycles. The maximum atomic E-state index is 12.4. The summed E-state index contributed by atoms with van der Waals surface area (Å²) in [6.45, 7) is 4.18. The Balaban J connectivity index is 1.95. The van der Waals surface area contributed by atoms with Crippen LogP contribution in [0.25, 0.3) is 0 Å². The highest BCUT2D eigenvalue weighted by Gasteiger charge is 2.28. The van der Waals surface area contributed by atoms with Crippen LogP contribution in [0.1, 0.15) is 51.9 Å². The molecule has 0 aromatic rings. The van der Waals surface area contributed by atoms with Gasteiger partial charge in [0, 0.05) is 12.6 Å². The van der Waals surface area contributed by atoms with Crippen molar-refractivity contribution >= 4 is 5.91 Å². The Morgan fingerprint density at radius 1 is 1.12 bits per heavy atom. The molecule has 2 unspecified atom stereocenters. The molecule has 1 N–H and O–H groups in total. The minimum atomic E-state index is 0.106. The first-order valence-corrected chi connectivity index (χ1v) is 6.83. The van der Waals surface area contributed by atoms with E-state index in [1.54, 1.807) is 0 Å². The summed E-state index contributed by atoms with van der Waals surface area (Å²) in [6.07, 6.45) is 8.38. The molecule has 3 nitrogen and oxygen atoms in total. The summed E-state index contributed by atoms with van der Waals surface area (Å²) < 4.78 is 0. The van der Waals surface area contributed by atoms with E-state index in [-0.39, 0.29) is 6.04 Å². The van der Waals surface area contributed by atoms with Gasteiger partial charge >= 0.3 is 0 Å². The average molecular weight is 224 g/mol. The van der Waals surface area contributed by atoms with Gasteiger partial charge in [-0.1, -0.05) is 19.3 Å².